The van der Waals surface area contributed by atoms with Gasteiger partial charge < -0.3 is 21.0 Å². The highest BCUT2D eigenvalue weighted by atomic mass is 16.5. The molecule has 0 aromatic heterocycles. The van der Waals surface area contributed by atoms with E-state index < -0.39 is 0 Å². The van der Waals surface area contributed by atoms with Crippen molar-refractivity contribution in [3.63, 3.8) is 0 Å². The number of nitrogens with one attached hydrogen (secondary N) is 1. The predicted octanol–water partition coefficient (Wildman–Crippen LogP) is 3.03. The third-order valence-electron chi connectivity index (χ3n) is 2.67. The summed E-state index contributed by atoms with van der Waals surface area (Å²) < 4.78 is 5.69. The largest absolute Gasteiger partial charge is 0.457 e. The van der Waals surface area contributed by atoms with Crippen LogP contribution in [0.25, 0.3) is 0 Å². The lowest BCUT2D eigenvalue weighted by Gasteiger charge is -2.08. The first-order valence-corrected chi connectivity index (χ1v) is 6.31. The summed E-state index contributed by atoms with van der Waals surface area (Å²) >= 11 is 0. The molecule has 0 radical (unpaired) electrons. The van der Waals surface area contributed by atoms with Crippen LogP contribution in [-0.2, 0) is 0 Å². The Hall–Kier alpha value is -2.69. The molecule has 0 aliphatic heterocycles. The van der Waals surface area contributed by atoms with Gasteiger partial charge in [-0.3, -0.25) is 0 Å². The second-order valence-corrected chi connectivity index (χ2v) is 4.21. The first-order valence-electron chi connectivity index (χ1n) is 6.31. The molecule has 0 fully saturated rings. The van der Waals surface area contributed by atoms with Gasteiger partial charge in [-0.25, -0.2) is 0 Å². The molecule has 20 heavy (non-hydrogen) atoms. The number of nitrogens with zero attached hydrogens (tertiary/aromatic N) is 1. The lowest BCUT2D eigenvalue weighted by Crippen LogP contribution is -2.16. The molecule has 0 saturated heterocycles. The Bertz CT molecular complexity index is 553. The van der Waals surface area contributed by atoms with Crippen molar-refractivity contribution in [3.8, 4) is 11.5 Å². The number of amidine groups is 1. The van der Waals surface area contributed by atoms with E-state index in [2.05, 4.69) is 10.5 Å². The van der Waals surface area contributed by atoms with Crippen molar-refractivity contribution in [3.05, 3.63) is 54.6 Å². The van der Waals surface area contributed by atoms with Crippen molar-refractivity contribution in [1.82, 2.24) is 0 Å². The summed E-state index contributed by atoms with van der Waals surface area (Å²) in [7, 11) is 0. The van der Waals surface area contributed by atoms with Crippen LogP contribution in [0.5, 0.6) is 11.5 Å². The maximum atomic E-state index is 8.43. The Balaban J connectivity index is 1.87. The van der Waals surface area contributed by atoms with Gasteiger partial charge in [-0.15, -0.1) is 0 Å². The van der Waals surface area contributed by atoms with Crippen molar-refractivity contribution < 1.29 is 9.94 Å². The van der Waals surface area contributed by atoms with Crippen molar-refractivity contribution >= 4 is 11.5 Å². The molecule has 0 aliphatic rings. The molecule has 4 N–H and O–H groups in total. The summed E-state index contributed by atoms with van der Waals surface area (Å²) in [5, 5.41) is 14.5. The van der Waals surface area contributed by atoms with E-state index in [0.717, 1.165) is 17.2 Å². The van der Waals surface area contributed by atoms with E-state index in [1.54, 1.807) is 0 Å². The Morgan fingerprint density at radius 3 is 2.35 bits per heavy atom. The highest BCUT2D eigenvalue weighted by Gasteiger charge is 1.98. The third kappa shape index (κ3) is 4.20. The van der Waals surface area contributed by atoms with Crippen molar-refractivity contribution in [2.45, 2.75) is 6.42 Å². The highest BCUT2D eigenvalue weighted by molar-refractivity contribution is 5.80. The number of hydrogen-bond donors (Lipinski definition) is 3. The summed E-state index contributed by atoms with van der Waals surface area (Å²) in [5.41, 5.74) is 6.34. The monoisotopic (exact) mass is 271 g/mol. The van der Waals surface area contributed by atoms with Gasteiger partial charge in [0.2, 0.25) is 0 Å². The number of hydrogen-bond acceptors (Lipinski definition) is 4. The number of nitrogens with two attached hydrogens (primary N) is 1. The molecule has 5 heteroatoms. The van der Waals surface area contributed by atoms with Gasteiger partial charge in [0.15, 0.2) is 0 Å². The molecule has 0 bridgehead atoms. The number of rotatable bonds is 6. The molecule has 2 aromatic rings. The number of para-hydroxylation sites is 1. The van der Waals surface area contributed by atoms with Crippen molar-refractivity contribution in [1.29, 1.82) is 0 Å². The standard InChI is InChI=1S/C15H17N3O2/c16-15(18-19)10-11-17-12-6-8-14(9-7-12)20-13-4-2-1-3-5-13/h1-9,17,19H,10-11H2,(H2,16,18). The predicted molar refractivity (Wildman–Crippen MR) is 79.5 cm³/mol. The SMILES string of the molecule is NC(CCNc1ccc(Oc2ccccc2)cc1)=NO. The number of benzene rings is 2. The van der Waals surface area contributed by atoms with Crippen molar-refractivity contribution in [2.24, 2.45) is 10.9 Å². The number of ether oxygens (including phenoxy) is 1. The van der Waals surface area contributed by atoms with Gasteiger partial charge in [0.05, 0.1) is 0 Å². The molecule has 2 rings (SSSR count). The Kier molecular flexibility index (Phi) is 4.83. The third-order valence-corrected chi connectivity index (χ3v) is 2.67. The molecule has 104 valence electrons. The van der Waals surface area contributed by atoms with E-state index in [-0.39, 0.29) is 5.84 Å². The van der Waals surface area contributed by atoms with Gasteiger partial charge in [0.1, 0.15) is 17.3 Å². The fourth-order valence-corrected chi connectivity index (χ4v) is 1.65. The molecule has 0 amide bonds. The molecule has 2 aromatic carbocycles. The summed E-state index contributed by atoms with van der Waals surface area (Å²) in [4.78, 5) is 0. The van der Waals surface area contributed by atoms with E-state index in [0.29, 0.717) is 13.0 Å². The molecule has 0 spiro atoms. The Labute approximate surface area is 117 Å². The number of oxime groups is 1. The summed E-state index contributed by atoms with van der Waals surface area (Å²) in [6.45, 7) is 0.606. The number of anilines is 1. The summed E-state index contributed by atoms with van der Waals surface area (Å²) in [6, 6.07) is 17.2. The van der Waals surface area contributed by atoms with E-state index in [1.807, 2.05) is 54.6 Å². The topological polar surface area (TPSA) is 79.9 Å². The molecule has 0 unspecified atom stereocenters. The minimum atomic E-state index is 0.210. The van der Waals surface area contributed by atoms with Crippen LogP contribution in [0.15, 0.2) is 59.8 Å². The van der Waals surface area contributed by atoms with Crippen LogP contribution in [-0.4, -0.2) is 17.6 Å². The lowest BCUT2D eigenvalue weighted by molar-refractivity contribution is 0.317. The van der Waals surface area contributed by atoms with Crippen LogP contribution in [0.4, 0.5) is 5.69 Å². The maximum Gasteiger partial charge on any atom is 0.140 e. The quantitative estimate of drug-likeness (QED) is 0.326. The molecular weight excluding hydrogens is 254 g/mol. The fourth-order valence-electron chi connectivity index (χ4n) is 1.65. The Morgan fingerprint density at radius 2 is 1.70 bits per heavy atom. The highest BCUT2D eigenvalue weighted by Crippen LogP contribution is 2.22. The average Bonchev–Trinajstić information content (AvgIpc) is 2.50. The zero-order valence-electron chi connectivity index (χ0n) is 11.0. The first-order chi connectivity index (χ1) is 9.78. The van der Waals surface area contributed by atoms with Crippen LogP contribution in [0, 0.1) is 0 Å². The van der Waals surface area contributed by atoms with Crippen molar-refractivity contribution in [2.75, 3.05) is 11.9 Å². The van der Waals surface area contributed by atoms with Gasteiger partial charge in [0.25, 0.3) is 0 Å². The van der Waals surface area contributed by atoms with Gasteiger partial charge in [-0.05, 0) is 36.4 Å². The van der Waals surface area contributed by atoms with E-state index in [4.69, 9.17) is 15.7 Å². The summed E-state index contributed by atoms with van der Waals surface area (Å²) in [5.74, 6) is 1.79. The smallest absolute Gasteiger partial charge is 0.140 e. The second kappa shape index (κ2) is 7.04. The molecule has 0 atom stereocenters. The molecular formula is C15H17N3O2. The molecule has 0 saturated carbocycles. The van der Waals surface area contributed by atoms with Crippen LogP contribution >= 0.6 is 0 Å². The first kappa shape index (κ1) is 13.7. The van der Waals surface area contributed by atoms with E-state index in [1.165, 1.54) is 0 Å². The van der Waals surface area contributed by atoms with Gasteiger partial charge in [-0.1, -0.05) is 23.4 Å². The average molecular weight is 271 g/mol. The molecule has 5 nitrogen and oxygen atoms in total. The molecule has 0 aliphatic carbocycles. The second-order valence-electron chi connectivity index (χ2n) is 4.21. The minimum absolute atomic E-state index is 0.210. The van der Waals surface area contributed by atoms with Crippen LogP contribution in [0.1, 0.15) is 6.42 Å². The fraction of sp³-hybridized carbons (Fsp3) is 0.133. The van der Waals surface area contributed by atoms with Crippen LogP contribution in [0.2, 0.25) is 0 Å². The summed E-state index contributed by atoms with van der Waals surface area (Å²) in [6.07, 6.45) is 0.485. The van der Waals surface area contributed by atoms with E-state index >= 15 is 0 Å². The van der Waals surface area contributed by atoms with E-state index in [9.17, 15) is 0 Å². The van der Waals surface area contributed by atoms with Crippen LogP contribution in [0.3, 0.4) is 0 Å². The van der Waals surface area contributed by atoms with Gasteiger partial charge >= 0.3 is 0 Å². The molecule has 0 heterocycles. The van der Waals surface area contributed by atoms with Gasteiger partial charge in [-0.2, -0.15) is 0 Å². The van der Waals surface area contributed by atoms with Gasteiger partial charge in [0, 0.05) is 18.7 Å². The minimum Gasteiger partial charge on any atom is -0.457 e. The zero-order chi connectivity index (χ0) is 14.2. The van der Waals surface area contributed by atoms with Crippen LogP contribution < -0.4 is 15.8 Å². The zero-order valence-corrected chi connectivity index (χ0v) is 11.0. The maximum absolute atomic E-state index is 8.43. The Morgan fingerprint density at radius 1 is 1.05 bits per heavy atom. The normalized spacial score (nSPS) is 11.1. The lowest BCUT2D eigenvalue weighted by atomic mass is 10.3.